The number of aromatic nitrogens is 4. The van der Waals surface area contributed by atoms with Gasteiger partial charge in [-0.05, 0) is 49.1 Å². The second-order valence-electron chi connectivity index (χ2n) is 8.79. The van der Waals surface area contributed by atoms with Gasteiger partial charge in [0.1, 0.15) is 6.61 Å². The third kappa shape index (κ3) is 4.62. The summed E-state index contributed by atoms with van der Waals surface area (Å²) in [6.45, 7) is 1.87. The molecule has 3 atom stereocenters. The number of aryl methyl sites for hydroxylation is 1. The highest BCUT2D eigenvalue weighted by atomic mass is 19.3. The van der Waals surface area contributed by atoms with E-state index < -0.39 is 19.1 Å². The number of aliphatic hydroxyl groups excluding tert-OH is 1. The minimum Gasteiger partial charge on any atom is -0.493 e. The second kappa shape index (κ2) is 9.69. The SMILES string of the molecule is CCn1nnc(-c2ccc(C3=N[C@@H]4CC[C@@H](O)C[C@@H]4c4cc(OCC(F)F)c(OC)cc43)cc2)n1. The first kappa shape index (κ1) is 23.3. The first-order valence-corrected chi connectivity index (χ1v) is 11.7. The van der Waals surface area contributed by atoms with Crippen LogP contribution in [0.4, 0.5) is 8.78 Å². The van der Waals surface area contributed by atoms with Crippen molar-refractivity contribution in [3.63, 3.8) is 0 Å². The summed E-state index contributed by atoms with van der Waals surface area (Å²) in [5, 5.41) is 22.8. The van der Waals surface area contributed by atoms with Gasteiger partial charge >= 0.3 is 0 Å². The van der Waals surface area contributed by atoms with Gasteiger partial charge < -0.3 is 14.6 Å². The van der Waals surface area contributed by atoms with Crippen molar-refractivity contribution in [2.75, 3.05) is 13.7 Å². The second-order valence-corrected chi connectivity index (χ2v) is 8.79. The molecule has 1 aromatic heterocycles. The van der Waals surface area contributed by atoms with Crippen molar-refractivity contribution < 1.29 is 23.4 Å². The first-order valence-electron chi connectivity index (χ1n) is 11.7. The molecule has 5 rings (SSSR count). The van der Waals surface area contributed by atoms with Gasteiger partial charge in [0.25, 0.3) is 6.43 Å². The zero-order valence-corrected chi connectivity index (χ0v) is 19.6. The zero-order valence-electron chi connectivity index (χ0n) is 19.6. The standard InChI is InChI=1S/C25H27F2N5O3/c1-3-32-30-25(29-31-32)15-6-4-14(5-7-15)24-19-12-21(34-2)22(35-13-23(26)27)11-17(19)18-10-16(33)8-9-20(18)28-24/h4-7,11-12,16,18,20,23,33H,3,8-10,13H2,1-2H3/t16-,18-,20-/m1/s1. The van der Waals surface area contributed by atoms with E-state index in [1.54, 1.807) is 12.1 Å². The van der Waals surface area contributed by atoms with Crippen LogP contribution in [-0.2, 0) is 6.54 Å². The van der Waals surface area contributed by atoms with E-state index in [2.05, 4.69) is 15.4 Å². The molecule has 184 valence electrons. The Bertz CT molecular complexity index is 1230. The number of aliphatic hydroxyl groups is 1. The van der Waals surface area contributed by atoms with Crippen molar-refractivity contribution in [2.45, 2.75) is 57.2 Å². The summed E-state index contributed by atoms with van der Waals surface area (Å²) in [4.78, 5) is 6.62. The molecule has 1 N–H and O–H groups in total. The topological polar surface area (TPSA) is 94.7 Å². The lowest BCUT2D eigenvalue weighted by molar-refractivity contribution is 0.0802. The predicted octanol–water partition coefficient (Wildman–Crippen LogP) is 3.86. The molecule has 10 heteroatoms. The number of halogens is 2. The fourth-order valence-electron chi connectivity index (χ4n) is 4.87. The Labute approximate surface area is 201 Å². The lowest BCUT2D eigenvalue weighted by Gasteiger charge is -2.37. The Kier molecular flexibility index (Phi) is 6.46. The number of tetrazole rings is 1. The maximum absolute atomic E-state index is 12.8. The average Bonchev–Trinajstić information content (AvgIpc) is 3.36. The molecule has 8 nitrogen and oxygen atoms in total. The molecule has 3 aromatic rings. The highest BCUT2D eigenvalue weighted by Gasteiger charge is 2.37. The number of nitrogens with zero attached hydrogens (tertiary/aromatic N) is 5. The van der Waals surface area contributed by atoms with Gasteiger partial charge in [0.15, 0.2) is 11.5 Å². The minimum atomic E-state index is -2.59. The van der Waals surface area contributed by atoms with Crippen LogP contribution in [0, 0.1) is 0 Å². The Morgan fingerprint density at radius 2 is 1.89 bits per heavy atom. The van der Waals surface area contributed by atoms with Crippen LogP contribution in [0.3, 0.4) is 0 Å². The summed E-state index contributed by atoms with van der Waals surface area (Å²) in [5.74, 6) is 1.16. The summed E-state index contributed by atoms with van der Waals surface area (Å²) >= 11 is 0. The number of alkyl halides is 2. The molecule has 1 saturated carbocycles. The molecule has 1 aliphatic heterocycles. The fraction of sp³-hybridized carbons (Fsp3) is 0.440. The lowest BCUT2D eigenvalue weighted by atomic mass is 9.74. The summed E-state index contributed by atoms with van der Waals surface area (Å²) in [5.41, 5.74) is 4.33. The lowest BCUT2D eigenvalue weighted by Crippen LogP contribution is -2.34. The first-order chi connectivity index (χ1) is 17.0. The van der Waals surface area contributed by atoms with E-state index in [4.69, 9.17) is 14.5 Å². The van der Waals surface area contributed by atoms with E-state index in [0.717, 1.165) is 34.4 Å². The average molecular weight is 484 g/mol. The molecule has 0 radical (unpaired) electrons. The van der Waals surface area contributed by atoms with E-state index in [1.165, 1.54) is 11.9 Å². The summed E-state index contributed by atoms with van der Waals surface area (Å²) in [7, 11) is 1.48. The number of benzene rings is 2. The molecule has 1 fully saturated rings. The van der Waals surface area contributed by atoms with Crippen LogP contribution in [-0.4, -0.2) is 63.3 Å². The third-order valence-corrected chi connectivity index (χ3v) is 6.59. The summed E-state index contributed by atoms with van der Waals surface area (Å²) in [6, 6.07) is 11.4. The zero-order chi connectivity index (χ0) is 24.5. The van der Waals surface area contributed by atoms with Gasteiger partial charge in [-0.2, -0.15) is 4.80 Å². The molecule has 35 heavy (non-hydrogen) atoms. The van der Waals surface area contributed by atoms with Crippen LogP contribution in [0.5, 0.6) is 11.5 Å². The molecule has 2 heterocycles. The molecular weight excluding hydrogens is 456 g/mol. The molecule has 0 spiro atoms. The number of hydrogen-bond donors (Lipinski definition) is 1. The van der Waals surface area contributed by atoms with E-state index in [0.29, 0.717) is 31.0 Å². The number of fused-ring (bicyclic) bond motifs is 3. The van der Waals surface area contributed by atoms with Crippen molar-refractivity contribution in [3.05, 3.63) is 53.1 Å². The van der Waals surface area contributed by atoms with E-state index >= 15 is 0 Å². The molecular formula is C25H27F2N5O3. The number of methoxy groups -OCH3 is 1. The smallest absolute Gasteiger partial charge is 0.272 e. The molecule has 0 saturated heterocycles. The Morgan fingerprint density at radius 3 is 2.57 bits per heavy atom. The highest BCUT2D eigenvalue weighted by molar-refractivity contribution is 6.15. The van der Waals surface area contributed by atoms with Crippen molar-refractivity contribution in [1.82, 2.24) is 20.2 Å². The van der Waals surface area contributed by atoms with Crippen molar-refractivity contribution in [2.24, 2.45) is 4.99 Å². The molecule has 0 unspecified atom stereocenters. The van der Waals surface area contributed by atoms with E-state index in [9.17, 15) is 13.9 Å². The monoisotopic (exact) mass is 483 g/mol. The van der Waals surface area contributed by atoms with Gasteiger partial charge in [0.05, 0.1) is 31.5 Å². The van der Waals surface area contributed by atoms with Gasteiger partial charge in [-0.25, -0.2) is 8.78 Å². The molecule has 0 amide bonds. The van der Waals surface area contributed by atoms with Gasteiger partial charge in [-0.15, -0.1) is 10.2 Å². The molecule has 1 aliphatic carbocycles. The summed E-state index contributed by atoms with van der Waals surface area (Å²) in [6.07, 6.45) is -1.03. The normalized spacial score (nSPS) is 21.3. The van der Waals surface area contributed by atoms with Crippen LogP contribution < -0.4 is 9.47 Å². The number of rotatable bonds is 7. The number of aliphatic imine (C=N–C) groups is 1. The third-order valence-electron chi connectivity index (χ3n) is 6.59. The van der Waals surface area contributed by atoms with Crippen molar-refractivity contribution in [1.29, 1.82) is 0 Å². The van der Waals surface area contributed by atoms with Crippen LogP contribution in [0.1, 0.15) is 48.8 Å². The minimum absolute atomic E-state index is 0.0111. The molecule has 2 aromatic carbocycles. The van der Waals surface area contributed by atoms with Gasteiger partial charge in [0, 0.05) is 22.6 Å². The fourth-order valence-corrected chi connectivity index (χ4v) is 4.87. The van der Waals surface area contributed by atoms with Gasteiger partial charge in [-0.1, -0.05) is 24.3 Å². The Balaban J connectivity index is 1.55. The number of hydrogen-bond acceptors (Lipinski definition) is 7. The molecule has 2 aliphatic rings. The predicted molar refractivity (Wildman–Crippen MR) is 125 cm³/mol. The van der Waals surface area contributed by atoms with Crippen LogP contribution in [0.25, 0.3) is 11.4 Å². The van der Waals surface area contributed by atoms with Crippen LogP contribution in [0.2, 0.25) is 0 Å². The maximum Gasteiger partial charge on any atom is 0.272 e. The van der Waals surface area contributed by atoms with Crippen molar-refractivity contribution in [3.8, 4) is 22.9 Å². The van der Waals surface area contributed by atoms with Crippen LogP contribution >= 0.6 is 0 Å². The van der Waals surface area contributed by atoms with Crippen LogP contribution in [0.15, 0.2) is 41.4 Å². The molecule has 0 bridgehead atoms. The van der Waals surface area contributed by atoms with E-state index in [1.807, 2.05) is 31.2 Å². The summed E-state index contributed by atoms with van der Waals surface area (Å²) < 4.78 is 36.5. The Hall–Kier alpha value is -3.40. The maximum atomic E-state index is 12.8. The largest absolute Gasteiger partial charge is 0.493 e. The van der Waals surface area contributed by atoms with E-state index in [-0.39, 0.29) is 17.7 Å². The highest BCUT2D eigenvalue weighted by Crippen LogP contribution is 2.45. The number of ether oxygens (including phenoxy) is 2. The van der Waals surface area contributed by atoms with Gasteiger partial charge in [0.2, 0.25) is 5.82 Å². The van der Waals surface area contributed by atoms with Crippen molar-refractivity contribution >= 4 is 5.71 Å². The van der Waals surface area contributed by atoms with Gasteiger partial charge in [-0.3, -0.25) is 4.99 Å². The quantitative estimate of drug-likeness (QED) is 0.549. The Morgan fingerprint density at radius 1 is 1.11 bits per heavy atom.